The number of carbonyl (C=O) groups excluding carboxylic acids is 1. The molecule has 0 unspecified atom stereocenters. The van der Waals surface area contributed by atoms with Gasteiger partial charge in [0.05, 0.1) is 24.1 Å². The lowest BCUT2D eigenvalue weighted by atomic mass is 10.2. The van der Waals surface area contributed by atoms with Gasteiger partial charge in [-0.3, -0.25) is 4.98 Å². The zero-order valence-electron chi connectivity index (χ0n) is 13.8. The van der Waals surface area contributed by atoms with Crippen molar-refractivity contribution in [3.63, 3.8) is 0 Å². The predicted octanol–water partition coefficient (Wildman–Crippen LogP) is 2.59. The van der Waals surface area contributed by atoms with Crippen LogP contribution in [0.1, 0.15) is 29.0 Å². The minimum atomic E-state index is -0.609. The van der Waals surface area contributed by atoms with Crippen LogP contribution in [0.25, 0.3) is 11.4 Å². The number of hydrogen-bond donors (Lipinski definition) is 0. The van der Waals surface area contributed by atoms with Crippen LogP contribution in [0.4, 0.5) is 0 Å². The Kier molecular flexibility index (Phi) is 4.98. The molecule has 3 aromatic rings. The van der Waals surface area contributed by atoms with Gasteiger partial charge in [-0.25, -0.2) is 9.78 Å². The van der Waals surface area contributed by atoms with E-state index in [9.17, 15) is 4.79 Å². The van der Waals surface area contributed by atoms with E-state index < -0.39 is 5.97 Å². The number of ether oxygens (including phenoxy) is 2. The Morgan fingerprint density at radius 1 is 1.20 bits per heavy atom. The molecule has 1 aromatic carbocycles. The molecule has 3 rings (SSSR count). The maximum atomic E-state index is 11.9. The molecule has 0 aliphatic heterocycles. The second-order valence-electron chi connectivity index (χ2n) is 5.06. The largest absolute Gasteiger partial charge is 0.493 e. The maximum absolute atomic E-state index is 11.9. The van der Waals surface area contributed by atoms with Crippen molar-refractivity contribution >= 4 is 5.97 Å². The summed E-state index contributed by atoms with van der Waals surface area (Å²) in [5, 5.41) is 3.91. The zero-order chi connectivity index (χ0) is 17.6. The Balaban J connectivity index is 1.68. The molecule has 8 heteroatoms. The average Bonchev–Trinajstić information content (AvgIpc) is 3.10. The van der Waals surface area contributed by atoms with Gasteiger partial charge in [0.1, 0.15) is 5.75 Å². The maximum Gasteiger partial charge on any atom is 0.359 e. The number of esters is 1. The third kappa shape index (κ3) is 3.97. The van der Waals surface area contributed by atoms with Crippen molar-refractivity contribution in [2.24, 2.45) is 0 Å². The van der Waals surface area contributed by atoms with Gasteiger partial charge >= 0.3 is 5.97 Å². The van der Waals surface area contributed by atoms with Crippen LogP contribution in [-0.2, 0) is 11.3 Å². The Hall–Kier alpha value is -3.29. The minimum absolute atomic E-state index is 0.118. The highest BCUT2D eigenvalue weighted by atomic mass is 16.6. The second-order valence-corrected chi connectivity index (χ2v) is 5.06. The molecule has 0 N–H and O–H groups in total. The number of nitrogens with zero attached hydrogens (tertiary/aromatic N) is 4. The Morgan fingerprint density at radius 3 is 2.80 bits per heavy atom. The molecule has 0 bridgehead atoms. The quantitative estimate of drug-likeness (QED) is 0.631. The Morgan fingerprint density at radius 2 is 2.04 bits per heavy atom. The smallest absolute Gasteiger partial charge is 0.359 e. The number of hydrogen-bond acceptors (Lipinski definition) is 8. The first-order chi connectivity index (χ1) is 12.2. The summed E-state index contributed by atoms with van der Waals surface area (Å²) in [7, 11) is 0. The van der Waals surface area contributed by atoms with E-state index in [2.05, 4.69) is 20.1 Å². The van der Waals surface area contributed by atoms with Crippen molar-refractivity contribution in [3.05, 3.63) is 53.9 Å². The van der Waals surface area contributed by atoms with E-state index in [-0.39, 0.29) is 18.2 Å². The van der Waals surface area contributed by atoms with E-state index in [1.165, 1.54) is 12.4 Å². The van der Waals surface area contributed by atoms with Crippen LogP contribution < -0.4 is 4.74 Å². The van der Waals surface area contributed by atoms with E-state index in [4.69, 9.17) is 14.0 Å². The van der Waals surface area contributed by atoms with Crippen LogP contribution in [0.5, 0.6) is 5.75 Å². The SMILES string of the molecule is CCOc1ccccc1-c1noc(COC(=O)c2cnc(C)cn2)n1. The molecule has 8 nitrogen and oxygen atoms in total. The van der Waals surface area contributed by atoms with E-state index in [0.29, 0.717) is 29.4 Å². The van der Waals surface area contributed by atoms with Gasteiger partial charge in [-0.1, -0.05) is 17.3 Å². The summed E-state index contributed by atoms with van der Waals surface area (Å²) in [5.41, 5.74) is 1.54. The van der Waals surface area contributed by atoms with Gasteiger partial charge in [0.25, 0.3) is 5.89 Å². The van der Waals surface area contributed by atoms with Crippen LogP contribution >= 0.6 is 0 Å². The summed E-state index contributed by atoms with van der Waals surface area (Å²) < 4.78 is 15.8. The van der Waals surface area contributed by atoms with Gasteiger partial charge in [0.15, 0.2) is 12.3 Å². The molecule has 2 aromatic heterocycles. The molecule has 0 saturated heterocycles. The summed E-state index contributed by atoms with van der Waals surface area (Å²) in [5.74, 6) is 0.589. The van der Waals surface area contributed by atoms with Crippen LogP contribution in [0.2, 0.25) is 0 Å². The highest BCUT2D eigenvalue weighted by molar-refractivity contribution is 5.86. The fraction of sp³-hybridized carbons (Fsp3) is 0.235. The molecule has 128 valence electrons. The lowest BCUT2D eigenvalue weighted by molar-refractivity contribution is 0.0422. The monoisotopic (exact) mass is 340 g/mol. The van der Waals surface area contributed by atoms with Gasteiger partial charge in [-0.05, 0) is 26.0 Å². The van der Waals surface area contributed by atoms with Gasteiger partial charge in [0, 0.05) is 6.20 Å². The van der Waals surface area contributed by atoms with Crippen LogP contribution in [0, 0.1) is 6.92 Å². The second kappa shape index (κ2) is 7.52. The fourth-order valence-corrected chi connectivity index (χ4v) is 2.05. The fourth-order valence-electron chi connectivity index (χ4n) is 2.05. The molecule has 25 heavy (non-hydrogen) atoms. The lowest BCUT2D eigenvalue weighted by Crippen LogP contribution is -2.08. The minimum Gasteiger partial charge on any atom is -0.493 e. The van der Waals surface area contributed by atoms with Crippen LogP contribution in [0.15, 0.2) is 41.2 Å². The van der Waals surface area contributed by atoms with Crippen LogP contribution in [-0.4, -0.2) is 32.7 Å². The third-order valence-corrected chi connectivity index (χ3v) is 3.21. The van der Waals surface area contributed by atoms with E-state index in [1.54, 1.807) is 6.92 Å². The van der Waals surface area contributed by atoms with E-state index in [1.807, 2.05) is 31.2 Å². The normalized spacial score (nSPS) is 10.5. The van der Waals surface area contributed by atoms with Gasteiger partial charge in [-0.2, -0.15) is 4.98 Å². The highest BCUT2D eigenvalue weighted by Gasteiger charge is 2.15. The number of aryl methyl sites for hydroxylation is 1. The zero-order valence-corrected chi connectivity index (χ0v) is 13.8. The summed E-state index contributed by atoms with van der Waals surface area (Å²) in [6, 6.07) is 7.36. The van der Waals surface area contributed by atoms with E-state index in [0.717, 1.165) is 0 Å². The number of para-hydroxylation sites is 1. The number of aromatic nitrogens is 4. The first-order valence-corrected chi connectivity index (χ1v) is 7.68. The first-order valence-electron chi connectivity index (χ1n) is 7.68. The van der Waals surface area contributed by atoms with Crippen molar-refractivity contribution in [2.45, 2.75) is 20.5 Å². The molecular formula is C17H16N4O4. The average molecular weight is 340 g/mol. The highest BCUT2D eigenvalue weighted by Crippen LogP contribution is 2.27. The molecule has 0 saturated carbocycles. The molecule has 2 heterocycles. The third-order valence-electron chi connectivity index (χ3n) is 3.21. The van der Waals surface area contributed by atoms with Gasteiger partial charge < -0.3 is 14.0 Å². The summed E-state index contributed by atoms with van der Waals surface area (Å²) >= 11 is 0. The van der Waals surface area contributed by atoms with Gasteiger partial charge in [-0.15, -0.1) is 0 Å². The van der Waals surface area contributed by atoms with Crippen molar-refractivity contribution < 1.29 is 18.8 Å². The molecule has 0 aliphatic rings. The molecule has 0 radical (unpaired) electrons. The molecular weight excluding hydrogens is 324 g/mol. The van der Waals surface area contributed by atoms with Crippen molar-refractivity contribution in [2.75, 3.05) is 6.61 Å². The number of carbonyl (C=O) groups is 1. The number of benzene rings is 1. The Labute approximate surface area is 143 Å². The van der Waals surface area contributed by atoms with Crippen molar-refractivity contribution in [3.8, 4) is 17.1 Å². The summed E-state index contributed by atoms with van der Waals surface area (Å²) in [4.78, 5) is 24.1. The molecule has 0 atom stereocenters. The lowest BCUT2D eigenvalue weighted by Gasteiger charge is -2.06. The molecule has 0 aliphatic carbocycles. The first kappa shape index (κ1) is 16.6. The van der Waals surface area contributed by atoms with E-state index >= 15 is 0 Å². The topological polar surface area (TPSA) is 100 Å². The Bertz CT molecular complexity index is 861. The molecule has 0 amide bonds. The van der Waals surface area contributed by atoms with Crippen molar-refractivity contribution in [1.82, 2.24) is 20.1 Å². The standard InChI is InChI=1S/C17H16N4O4/c1-3-23-14-7-5-4-6-12(14)16-20-15(25-21-16)10-24-17(22)13-9-18-11(2)8-19-13/h4-9H,3,10H2,1-2H3. The predicted molar refractivity (Wildman–Crippen MR) is 86.8 cm³/mol. The summed E-state index contributed by atoms with van der Waals surface area (Å²) in [6.45, 7) is 4.04. The van der Waals surface area contributed by atoms with Crippen molar-refractivity contribution in [1.29, 1.82) is 0 Å². The number of rotatable bonds is 6. The summed E-state index contributed by atoms with van der Waals surface area (Å²) in [6.07, 6.45) is 2.85. The molecule has 0 fully saturated rings. The van der Waals surface area contributed by atoms with Gasteiger partial charge in [0.2, 0.25) is 5.82 Å². The molecule has 0 spiro atoms. The van der Waals surface area contributed by atoms with Crippen LogP contribution in [0.3, 0.4) is 0 Å².